The highest BCUT2D eigenvalue weighted by molar-refractivity contribution is 7.88. The molecule has 0 amide bonds. The van der Waals surface area contributed by atoms with Gasteiger partial charge in [0.1, 0.15) is 11.6 Å². The van der Waals surface area contributed by atoms with Crippen molar-refractivity contribution in [1.82, 2.24) is 19.1 Å². The van der Waals surface area contributed by atoms with Gasteiger partial charge in [0.25, 0.3) is 5.56 Å². The fourth-order valence-corrected chi connectivity index (χ4v) is 4.36. The molecule has 4 rings (SSSR count). The van der Waals surface area contributed by atoms with Gasteiger partial charge in [0, 0.05) is 24.4 Å². The second-order valence-corrected chi connectivity index (χ2v) is 8.69. The van der Waals surface area contributed by atoms with Gasteiger partial charge in [0.2, 0.25) is 10.0 Å². The first-order valence-corrected chi connectivity index (χ1v) is 11.0. The maximum atomic E-state index is 13.7. The van der Waals surface area contributed by atoms with Crippen LogP contribution in [-0.4, -0.2) is 29.3 Å². The maximum absolute atomic E-state index is 13.7. The second-order valence-electron chi connectivity index (χ2n) is 6.89. The Morgan fingerprint density at radius 1 is 1.00 bits per heavy atom. The minimum atomic E-state index is -3.94. The highest BCUT2D eigenvalue weighted by atomic mass is 32.2. The number of fused-ring (bicyclic) bond motifs is 1. The number of benzene rings is 2. The van der Waals surface area contributed by atoms with Crippen LogP contribution in [-0.2, 0) is 22.3 Å². The standard InChI is InChI=1S/C21H18F2N4O3S/c22-17-5-6-18(23)16(13-17)14-31(29,30)24-10-12-27-21(28)8-7-20(25-27)26-11-9-15-3-1-2-4-19(15)26/h1-9,11,13,24H,10,12,14H2. The van der Waals surface area contributed by atoms with Crippen LogP contribution in [0.15, 0.2) is 71.7 Å². The molecule has 0 aliphatic carbocycles. The van der Waals surface area contributed by atoms with Gasteiger partial charge in [0.15, 0.2) is 5.82 Å². The van der Waals surface area contributed by atoms with Gasteiger partial charge in [-0.05, 0) is 41.8 Å². The Morgan fingerprint density at radius 3 is 2.65 bits per heavy atom. The van der Waals surface area contributed by atoms with Gasteiger partial charge in [-0.1, -0.05) is 18.2 Å². The molecule has 1 N–H and O–H groups in total. The highest BCUT2D eigenvalue weighted by Gasteiger charge is 2.15. The Hall–Kier alpha value is -3.37. The molecule has 2 aromatic carbocycles. The molecule has 7 nitrogen and oxygen atoms in total. The van der Waals surface area contributed by atoms with Crippen molar-refractivity contribution < 1.29 is 17.2 Å². The topological polar surface area (TPSA) is 86.0 Å². The number of hydrogen-bond donors (Lipinski definition) is 1. The van der Waals surface area contributed by atoms with Crippen molar-refractivity contribution in [2.45, 2.75) is 12.3 Å². The molecule has 160 valence electrons. The summed E-state index contributed by atoms with van der Waals surface area (Å²) in [6.45, 7) is -0.168. The van der Waals surface area contributed by atoms with E-state index in [2.05, 4.69) is 9.82 Å². The molecule has 0 saturated heterocycles. The van der Waals surface area contributed by atoms with Crippen molar-refractivity contribution in [2.24, 2.45) is 0 Å². The Labute approximate surface area is 176 Å². The van der Waals surface area contributed by atoms with Crippen molar-refractivity contribution in [2.75, 3.05) is 6.54 Å². The lowest BCUT2D eigenvalue weighted by Crippen LogP contribution is -2.33. The number of aromatic nitrogens is 3. The number of hydrogen-bond acceptors (Lipinski definition) is 4. The van der Waals surface area contributed by atoms with Crippen LogP contribution in [0, 0.1) is 11.6 Å². The van der Waals surface area contributed by atoms with Gasteiger partial charge in [-0.15, -0.1) is 0 Å². The fourth-order valence-electron chi connectivity index (χ4n) is 3.23. The molecule has 31 heavy (non-hydrogen) atoms. The molecule has 2 aromatic heterocycles. The number of nitrogens with zero attached hydrogens (tertiary/aromatic N) is 3. The second kappa shape index (κ2) is 8.40. The zero-order valence-corrected chi connectivity index (χ0v) is 17.0. The Bertz CT molecular complexity index is 1410. The number of sulfonamides is 1. The zero-order valence-electron chi connectivity index (χ0n) is 16.2. The van der Waals surface area contributed by atoms with E-state index in [4.69, 9.17) is 0 Å². The lowest BCUT2D eigenvalue weighted by Gasteiger charge is -2.10. The lowest BCUT2D eigenvalue weighted by atomic mass is 10.2. The van der Waals surface area contributed by atoms with Crippen molar-refractivity contribution in [3.8, 4) is 5.82 Å². The molecule has 0 bridgehead atoms. The van der Waals surface area contributed by atoms with E-state index in [1.807, 2.05) is 41.1 Å². The Balaban J connectivity index is 1.48. The van der Waals surface area contributed by atoms with Gasteiger partial charge in [-0.3, -0.25) is 9.36 Å². The van der Waals surface area contributed by atoms with E-state index in [0.29, 0.717) is 5.82 Å². The minimum absolute atomic E-state index is 0.0310. The summed E-state index contributed by atoms with van der Waals surface area (Å²) in [5.74, 6) is -1.74. The summed E-state index contributed by atoms with van der Waals surface area (Å²) in [4.78, 5) is 12.2. The molecular formula is C21H18F2N4O3S. The molecule has 10 heteroatoms. The number of para-hydroxylation sites is 1. The Morgan fingerprint density at radius 2 is 1.81 bits per heavy atom. The smallest absolute Gasteiger partial charge is 0.266 e. The van der Waals surface area contributed by atoms with E-state index < -0.39 is 33.0 Å². The maximum Gasteiger partial charge on any atom is 0.266 e. The summed E-state index contributed by atoms with van der Waals surface area (Å²) >= 11 is 0. The van der Waals surface area contributed by atoms with Gasteiger partial charge in [-0.2, -0.15) is 5.10 Å². The first-order chi connectivity index (χ1) is 14.8. The monoisotopic (exact) mass is 444 g/mol. The zero-order chi connectivity index (χ0) is 22.0. The van der Waals surface area contributed by atoms with E-state index in [-0.39, 0.29) is 18.7 Å². The summed E-state index contributed by atoms with van der Waals surface area (Å²) in [6.07, 6.45) is 1.83. The predicted molar refractivity (Wildman–Crippen MR) is 112 cm³/mol. The van der Waals surface area contributed by atoms with Crippen LogP contribution in [0.25, 0.3) is 16.7 Å². The molecule has 0 fully saturated rings. The van der Waals surface area contributed by atoms with Crippen molar-refractivity contribution in [3.63, 3.8) is 0 Å². The molecule has 0 saturated carbocycles. The molecule has 0 aliphatic rings. The third kappa shape index (κ3) is 4.70. The quantitative estimate of drug-likeness (QED) is 0.475. The summed E-state index contributed by atoms with van der Waals surface area (Å²) in [5.41, 5.74) is 0.248. The number of rotatable bonds is 7. The predicted octanol–water partition coefficient (Wildman–Crippen LogP) is 2.59. The average molecular weight is 444 g/mol. The molecule has 0 atom stereocenters. The van der Waals surface area contributed by atoms with Crippen LogP contribution >= 0.6 is 0 Å². The molecule has 4 aromatic rings. The summed E-state index contributed by atoms with van der Waals surface area (Å²) < 4.78 is 56.7. The van der Waals surface area contributed by atoms with E-state index in [1.165, 1.54) is 6.07 Å². The lowest BCUT2D eigenvalue weighted by molar-refractivity contribution is 0.542. The third-order valence-electron chi connectivity index (χ3n) is 4.70. The molecule has 0 aliphatic heterocycles. The van der Waals surface area contributed by atoms with Crippen molar-refractivity contribution in [3.05, 3.63) is 94.4 Å². The SMILES string of the molecule is O=c1ccc(-n2ccc3ccccc32)nn1CCNS(=O)(=O)Cc1cc(F)ccc1F. The summed E-state index contributed by atoms with van der Waals surface area (Å²) in [6, 6.07) is 15.2. The van der Waals surface area contributed by atoms with E-state index in [1.54, 1.807) is 6.07 Å². The van der Waals surface area contributed by atoms with Crippen molar-refractivity contribution >= 4 is 20.9 Å². The van der Waals surface area contributed by atoms with Crippen LogP contribution in [0.4, 0.5) is 8.78 Å². The first-order valence-electron chi connectivity index (χ1n) is 9.38. The van der Waals surface area contributed by atoms with Crippen LogP contribution in [0.2, 0.25) is 0 Å². The molecule has 0 radical (unpaired) electrons. The van der Waals surface area contributed by atoms with Crippen LogP contribution in [0.1, 0.15) is 5.56 Å². The number of halogens is 2. The van der Waals surface area contributed by atoms with E-state index in [9.17, 15) is 22.0 Å². The average Bonchev–Trinajstić information content (AvgIpc) is 3.16. The van der Waals surface area contributed by atoms with Crippen LogP contribution in [0.3, 0.4) is 0 Å². The van der Waals surface area contributed by atoms with Gasteiger partial charge in [0.05, 0.1) is 17.8 Å². The molecule has 2 heterocycles. The normalized spacial score (nSPS) is 11.8. The summed E-state index contributed by atoms with van der Waals surface area (Å²) in [7, 11) is -3.94. The molecule has 0 unspecified atom stereocenters. The Kier molecular flexibility index (Phi) is 5.66. The minimum Gasteiger partial charge on any atom is -0.300 e. The third-order valence-corrected chi connectivity index (χ3v) is 6.03. The first kappa shape index (κ1) is 20.9. The van der Waals surface area contributed by atoms with E-state index in [0.717, 1.165) is 33.8 Å². The van der Waals surface area contributed by atoms with Gasteiger partial charge >= 0.3 is 0 Å². The van der Waals surface area contributed by atoms with Crippen LogP contribution < -0.4 is 10.3 Å². The van der Waals surface area contributed by atoms with Crippen molar-refractivity contribution in [1.29, 1.82) is 0 Å². The molecular weight excluding hydrogens is 426 g/mol. The van der Waals surface area contributed by atoms with Gasteiger partial charge < -0.3 is 0 Å². The fraction of sp³-hybridized carbons (Fsp3) is 0.143. The number of nitrogens with one attached hydrogen (secondary N) is 1. The largest absolute Gasteiger partial charge is 0.300 e. The summed E-state index contributed by atoms with van der Waals surface area (Å²) in [5, 5.41) is 5.33. The highest BCUT2D eigenvalue weighted by Crippen LogP contribution is 2.18. The van der Waals surface area contributed by atoms with E-state index >= 15 is 0 Å². The molecule has 0 spiro atoms. The van der Waals surface area contributed by atoms with Gasteiger partial charge in [-0.25, -0.2) is 26.6 Å². The van der Waals surface area contributed by atoms with Crippen LogP contribution in [0.5, 0.6) is 0 Å².